The zero-order valence-electron chi connectivity index (χ0n) is 20.9. The minimum atomic E-state index is -0.981. The lowest BCUT2D eigenvalue weighted by atomic mass is 10.1. The van der Waals surface area contributed by atoms with Gasteiger partial charge in [0.2, 0.25) is 11.7 Å². The molecule has 1 saturated heterocycles. The third kappa shape index (κ3) is 6.09. The molecule has 3 aromatic heterocycles. The predicted octanol–water partition coefficient (Wildman–Crippen LogP) is 3.07. The monoisotopic (exact) mass is 536 g/mol. The summed E-state index contributed by atoms with van der Waals surface area (Å²) >= 11 is 1.50. The van der Waals surface area contributed by atoms with Crippen molar-refractivity contribution in [3.8, 4) is 17.1 Å². The molecule has 4 aromatic rings. The zero-order valence-corrected chi connectivity index (χ0v) is 21.7. The summed E-state index contributed by atoms with van der Waals surface area (Å²) in [5.74, 6) is 0.756. The number of carbonyl (C=O) groups is 2. The second-order valence-electron chi connectivity index (χ2n) is 8.77. The summed E-state index contributed by atoms with van der Waals surface area (Å²) in [5.41, 5.74) is 0.738. The summed E-state index contributed by atoms with van der Waals surface area (Å²) in [7, 11) is 1.59. The van der Waals surface area contributed by atoms with Gasteiger partial charge in [-0.05, 0) is 65.9 Å². The van der Waals surface area contributed by atoms with Crippen LogP contribution in [-0.2, 0) is 27.4 Å². The van der Waals surface area contributed by atoms with Crippen molar-refractivity contribution >= 4 is 23.2 Å². The van der Waals surface area contributed by atoms with Crippen LogP contribution in [0.1, 0.15) is 29.5 Å². The Morgan fingerprint density at radius 1 is 1.24 bits per heavy atom. The van der Waals surface area contributed by atoms with Crippen LogP contribution >= 0.6 is 11.3 Å². The van der Waals surface area contributed by atoms with E-state index in [4.69, 9.17) is 13.9 Å². The molecule has 1 aromatic carbocycles. The minimum absolute atomic E-state index is 0.0339. The van der Waals surface area contributed by atoms with E-state index in [-0.39, 0.29) is 31.0 Å². The highest BCUT2D eigenvalue weighted by atomic mass is 32.1. The molecule has 0 spiro atoms. The second-order valence-corrected chi connectivity index (χ2v) is 9.80. The van der Waals surface area contributed by atoms with Gasteiger partial charge in [-0.25, -0.2) is 0 Å². The third-order valence-electron chi connectivity index (χ3n) is 6.21. The van der Waals surface area contributed by atoms with Gasteiger partial charge in [0.25, 0.3) is 5.91 Å². The first-order valence-corrected chi connectivity index (χ1v) is 13.2. The molecular formula is C26H28N6O5S. The van der Waals surface area contributed by atoms with Crippen molar-refractivity contribution in [2.75, 3.05) is 20.3 Å². The van der Waals surface area contributed by atoms with Gasteiger partial charge in [-0.15, -0.1) is 21.5 Å². The van der Waals surface area contributed by atoms with Crippen molar-refractivity contribution in [1.29, 1.82) is 0 Å². The number of methoxy groups -OCH3 is 1. The molecule has 198 valence electrons. The van der Waals surface area contributed by atoms with Crippen molar-refractivity contribution in [3.05, 3.63) is 70.8 Å². The number of furan rings is 1. The van der Waals surface area contributed by atoms with Crippen molar-refractivity contribution in [2.45, 2.75) is 38.1 Å². The van der Waals surface area contributed by atoms with Crippen LogP contribution in [0, 0.1) is 0 Å². The standard InChI is InChI=1S/C26H28N6O5S/c1-35-19-10-8-18(9-11-19)25-28-30-32(29-25)17-23(33)31(16-21-6-4-14-38-21)24(22-7-3-13-37-22)26(34)27-15-20-5-2-12-36-20/h3-4,6-11,13-14,20,24H,2,5,12,15-17H2,1H3,(H,27,34)/t20-,24-/m0/s1. The van der Waals surface area contributed by atoms with Crippen molar-refractivity contribution in [3.63, 3.8) is 0 Å². The summed E-state index contributed by atoms with van der Waals surface area (Å²) in [6.45, 7) is 1.07. The van der Waals surface area contributed by atoms with Gasteiger partial charge in [-0.1, -0.05) is 6.07 Å². The van der Waals surface area contributed by atoms with Gasteiger partial charge in [0.05, 0.1) is 26.0 Å². The van der Waals surface area contributed by atoms with E-state index in [1.54, 1.807) is 31.4 Å². The largest absolute Gasteiger partial charge is 0.497 e. The van der Waals surface area contributed by atoms with Crippen LogP contribution < -0.4 is 10.1 Å². The van der Waals surface area contributed by atoms with Gasteiger partial charge in [0, 0.05) is 23.6 Å². The quantitative estimate of drug-likeness (QED) is 0.310. The van der Waals surface area contributed by atoms with Gasteiger partial charge < -0.3 is 24.1 Å². The minimum Gasteiger partial charge on any atom is -0.497 e. The molecule has 2 amide bonds. The average Bonchev–Trinajstić information content (AvgIpc) is 3.76. The van der Waals surface area contributed by atoms with Gasteiger partial charge in [-0.3, -0.25) is 9.59 Å². The van der Waals surface area contributed by atoms with Crippen LogP contribution in [0.25, 0.3) is 11.4 Å². The van der Waals surface area contributed by atoms with E-state index in [0.717, 1.165) is 23.3 Å². The number of tetrazole rings is 1. The Balaban J connectivity index is 1.37. The third-order valence-corrected chi connectivity index (χ3v) is 7.07. The summed E-state index contributed by atoms with van der Waals surface area (Å²) in [5, 5.41) is 17.4. The molecule has 12 heteroatoms. The van der Waals surface area contributed by atoms with E-state index in [9.17, 15) is 9.59 Å². The number of benzene rings is 1. The Morgan fingerprint density at radius 3 is 2.79 bits per heavy atom. The van der Waals surface area contributed by atoms with Gasteiger partial charge >= 0.3 is 0 Å². The summed E-state index contributed by atoms with van der Waals surface area (Å²) in [4.78, 5) is 30.8. The van der Waals surface area contributed by atoms with Gasteiger partial charge in [-0.2, -0.15) is 4.80 Å². The Labute approximate surface area is 223 Å². The molecule has 0 unspecified atom stereocenters. The number of carbonyl (C=O) groups excluding carboxylic acids is 2. The Hall–Kier alpha value is -4.03. The van der Waals surface area contributed by atoms with Crippen LogP contribution in [0.5, 0.6) is 5.75 Å². The highest BCUT2D eigenvalue weighted by molar-refractivity contribution is 7.09. The number of hydrogen-bond donors (Lipinski definition) is 1. The van der Waals surface area contributed by atoms with Crippen LogP contribution in [0.2, 0.25) is 0 Å². The highest BCUT2D eigenvalue weighted by Crippen LogP contribution is 2.26. The highest BCUT2D eigenvalue weighted by Gasteiger charge is 2.35. The molecule has 38 heavy (non-hydrogen) atoms. The van der Waals surface area contributed by atoms with Crippen LogP contribution in [-0.4, -0.2) is 63.3 Å². The lowest BCUT2D eigenvalue weighted by Gasteiger charge is -2.29. The van der Waals surface area contributed by atoms with Crippen molar-refractivity contribution < 1.29 is 23.5 Å². The SMILES string of the molecule is COc1ccc(-c2nnn(CC(=O)N(Cc3cccs3)[C@H](C(=O)NC[C@@H]3CCCO3)c3ccco3)n2)cc1. The lowest BCUT2D eigenvalue weighted by Crippen LogP contribution is -2.46. The molecule has 0 radical (unpaired) electrons. The molecule has 2 atom stereocenters. The van der Waals surface area contributed by atoms with E-state index in [0.29, 0.717) is 30.5 Å². The number of nitrogens with one attached hydrogen (secondary N) is 1. The fraction of sp³-hybridized carbons (Fsp3) is 0.346. The first kappa shape index (κ1) is 25.6. The van der Waals surface area contributed by atoms with Crippen LogP contribution in [0.3, 0.4) is 0 Å². The fourth-order valence-corrected chi connectivity index (χ4v) is 4.96. The molecule has 4 heterocycles. The maximum Gasteiger partial charge on any atom is 0.250 e. The Morgan fingerprint density at radius 2 is 2.11 bits per heavy atom. The van der Waals surface area contributed by atoms with Gasteiger partial charge in [0.15, 0.2) is 6.04 Å². The predicted molar refractivity (Wildman–Crippen MR) is 138 cm³/mol. The molecule has 1 fully saturated rings. The normalized spacial score (nSPS) is 15.8. The number of thiophene rings is 1. The molecule has 0 saturated carbocycles. The molecule has 0 aliphatic carbocycles. The number of ether oxygens (including phenoxy) is 2. The van der Waals surface area contributed by atoms with E-state index in [1.807, 2.05) is 29.6 Å². The second kappa shape index (κ2) is 12.0. The molecule has 1 aliphatic heterocycles. The maximum absolute atomic E-state index is 13.7. The van der Waals surface area contributed by atoms with Crippen LogP contribution in [0.4, 0.5) is 0 Å². The topological polar surface area (TPSA) is 125 Å². The summed E-state index contributed by atoms with van der Waals surface area (Å²) < 4.78 is 16.5. The molecule has 5 rings (SSSR count). The molecule has 0 bridgehead atoms. The van der Waals surface area contributed by atoms with E-state index >= 15 is 0 Å². The van der Waals surface area contributed by atoms with Gasteiger partial charge in [0.1, 0.15) is 18.1 Å². The van der Waals surface area contributed by atoms with E-state index in [2.05, 4.69) is 20.7 Å². The Kier molecular flexibility index (Phi) is 8.09. The average molecular weight is 537 g/mol. The van der Waals surface area contributed by atoms with E-state index in [1.165, 1.54) is 27.3 Å². The van der Waals surface area contributed by atoms with Crippen molar-refractivity contribution in [1.82, 2.24) is 30.4 Å². The maximum atomic E-state index is 13.7. The number of hydrogen-bond acceptors (Lipinski definition) is 9. The molecule has 11 nitrogen and oxygen atoms in total. The summed E-state index contributed by atoms with van der Waals surface area (Å²) in [6, 6.07) is 13.5. The molecule has 1 aliphatic rings. The lowest BCUT2D eigenvalue weighted by molar-refractivity contribution is -0.143. The first-order valence-electron chi connectivity index (χ1n) is 12.3. The smallest absolute Gasteiger partial charge is 0.250 e. The summed E-state index contributed by atoms with van der Waals surface area (Å²) in [6.07, 6.45) is 3.31. The number of amides is 2. The zero-order chi connectivity index (χ0) is 26.3. The first-order chi connectivity index (χ1) is 18.6. The van der Waals surface area contributed by atoms with E-state index < -0.39 is 6.04 Å². The molecular weight excluding hydrogens is 508 g/mol. The van der Waals surface area contributed by atoms with Crippen LogP contribution in [0.15, 0.2) is 64.6 Å². The molecule has 1 N–H and O–H groups in total. The number of nitrogens with zero attached hydrogens (tertiary/aromatic N) is 5. The van der Waals surface area contributed by atoms with Crippen molar-refractivity contribution in [2.24, 2.45) is 0 Å². The Bertz CT molecular complexity index is 1320. The number of aromatic nitrogens is 4. The fourth-order valence-electron chi connectivity index (χ4n) is 4.26. The number of rotatable bonds is 11.